The molecule has 3 aromatic heterocycles. The number of carbonyl (C=O) groups is 5. The highest BCUT2D eigenvalue weighted by atomic mass is 16.2. The number of fused-ring (bicyclic) bond motifs is 2. The van der Waals surface area contributed by atoms with Gasteiger partial charge >= 0.3 is 0 Å². The van der Waals surface area contributed by atoms with Gasteiger partial charge in [-0.1, -0.05) is 12.1 Å². The summed E-state index contributed by atoms with van der Waals surface area (Å²) in [5.74, 6) is -0.751. The second-order valence-corrected chi connectivity index (χ2v) is 16.5. The quantitative estimate of drug-likeness (QED) is 0.140. The number of hydrogen-bond acceptors (Lipinski definition) is 13. The number of imidazole rings is 1. The van der Waals surface area contributed by atoms with Gasteiger partial charge in [-0.15, -0.1) is 0 Å². The van der Waals surface area contributed by atoms with E-state index in [9.17, 15) is 24.0 Å². The van der Waals surface area contributed by atoms with E-state index in [1.54, 1.807) is 24.5 Å². The molecule has 17 nitrogen and oxygen atoms in total. The number of pyridine rings is 1. The third kappa shape index (κ3) is 7.88. The smallest absolute Gasteiger partial charge is 0.270 e. The van der Waals surface area contributed by atoms with Gasteiger partial charge in [0.15, 0.2) is 11.5 Å². The number of aryl methyl sites for hydroxylation is 1. The number of carbonyl (C=O) groups excluding carboxylic acids is 5. The number of piperidine rings is 2. The van der Waals surface area contributed by atoms with E-state index in [1.165, 1.54) is 0 Å². The van der Waals surface area contributed by atoms with Crippen LogP contribution >= 0.6 is 0 Å². The molecule has 17 heteroatoms. The molecule has 0 spiro atoms. The highest BCUT2D eigenvalue weighted by Crippen LogP contribution is 2.37. The molecular formula is C42H50N12O5. The van der Waals surface area contributed by atoms with Gasteiger partial charge in [0.05, 0.1) is 23.1 Å². The summed E-state index contributed by atoms with van der Waals surface area (Å²) < 4.78 is 2.10. The van der Waals surface area contributed by atoms with Gasteiger partial charge in [0.1, 0.15) is 23.6 Å². The summed E-state index contributed by atoms with van der Waals surface area (Å²) >= 11 is 0. The number of nitrogens with zero attached hydrogens (tertiary/aromatic N) is 9. The predicted octanol–water partition coefficient (Wildman–Crippen LogP) is 2.40. The molecule has 4 aromatic rings. The van der Waals surface area contributed by atoms with Gasteiger partial charge in [-0.25, -0.2) is 19.9 Å². The van der Waals surface area contributed by atoms with Crippen molar-refractivity contribution in [1.29, 1.82) is 0 Å². The molecule has 1 atom stereocenters. The van der Waals surface area contributed by atoms with Crippen molar-refractivity contribution in [3.8, 4) is 0 Å². The minimum atomic E-state index is -0.970. The Morgan fingerprint density at radius 2 is 1.66 bits per heavy atom. The van der Waals surface area contributed by atoms with Crippen LogP contribution < -0.4 is 20.9 Å². The molecule has 0 radical (unpaired) electrons. The lowest BCUT2D eigenvalue weighted by Crippen LogP contribution is -2.54. The van der Waals surface area contributed by atoms with Crippen molar-refractivity contribution in [3.05, 3.63) is 71.6 Å². The van der Waals surface area contributed by atoms with E-state index in [0.29, 0.717) is 22.7 Å². The van der Waals surface area contributed by atoms with Gasteiger partial charge in [-0.2, -0.15) is 0 Å². The van der Waals surface area contributed by atoms with Crippen LogP contribution in [0.2, 0.25) is 0 Å². The summed E-state index contributed by atoms with van der Waals surface area (Å²) in [5, 5.41) is 8.86. The van der Waals surface area contributed by atoms with Crippen LogP contribution in [0.25, 0.3) is 11.2 Å². The minimum Gasteiger partial charge on any atom is -0.371 e. The van der Waals surface area contributed by atoms with Crippen molar-refractivity contribution in [1.82, 2.24) is 49.8 Å². The van der Waals surface area contributed by atoms with E-state index in [0.717, 1.165) is 124 Å². The second kappa shape index (κ2) is 16.4. The van der Waals surface area contributed by atoms with E-state index >= 15 is 0 Å². The number of piperazine rings is 1. The van der Waals surface area contributed by atoms with E-state index in [-0.39, 0.29) is 36.7 Å². The predicted molar refractivity (Wildman–Crippen MR) is 218 cm³/mol. The van der Waals surface area contributed by atoms with Crippen molar-refractivity contribution >= 4 is 52.2 Å². The normalized spacial score (nSPS) is 23.0. The molecule has 308 valence electrons. The van der Waals surface area contributed by atoms with E-state index in [4.69, 9.17) is 0 Å². The third-order valence-electron chi connectivity index (χ3n) is 12.6. The molecule has 4 fully saturated rings. The van der Waals surface area contributed by atoms with E-state index in [1.807, 2.05) is 31.5 Å². The summed E-state index contributed by atoms with van der Waals surface area (Å²) in [6.45, 7) is 10.4. The second-order valence-electron chi connectivity index (χ2n) is 16.5. The first-order valence-electron chi connectivity index (χ1n) is 20.9. The molecule has 1 aromatic carbocycles. The van der Waals surface area contributed by atoms with Crippen LogP contribution in [0.15, 0.2) is 49.1 Å². The van der Waals surface area contributed by atoms with Crippen LogP contribution in [-0.2, 0) is 9.59 Å². The molecule has 59 heavy (non-hydrogen) atoms. The van der Waals surface area contributed by atoms with Crippen LogP contribution in [0.3, 0.4) is 0 Å². The summed E-state index contributed by atoms with van der Waals surface area (Å²) in [6, 6.07) is 10.1. The summed E-state index contributed by atoms with van der Waals surface area (Å²) in [6.07, 6.45) is 8.24. The van der Waals surface area contributed by atoms with Crippen molar-refractivity contribution < 1.29 is 24.0 Å². The molecule has 1 saturated carbocycles. The number of rotatable bonds is 12. The lowest BCUT2D eigenvalue weighted by atomic mass is 9.86. The first kappa shape index (κ1) is 38.7. The molecule has 0 bridgehead atoms. The number of amides is 5. The van der Waals surface area contributed by atoms with Crippen LogP contribution in [0.1, 0.15) is 87.9 Å². The standard InChI is InChI=1S/C42H50N12O5/c1-26-5-2-7-31(47-26)39(56)48-28-21-29(22-28)53-25-46-36-37(44-24-45-38(36)53)43-13-4-14-50-17-19-51(20-18-50)23-27-11-15-52(16-12-27)32-8-3-6-30-35(32)42(59)54(41(30)58)33-9-10-34(55)49-40(33)57/h2-3,5-8,24-25,27-29,33H,4,9-23H2,1H3,(H,48,56)(H,43,44,45)(H,49,55,57). The Bertz CT molecular complexity index is 2270. The number of imide groups is 2. The lowest BCUT2D eigenvalue weighted by Gasteiger charge is -2.39. The zero-order chi connectivity index (χ0) is 40.6. The average Bonchev–Trinajstić information content (AvgIpc) is 3.76. The summed E-state index contributed by atoms with van der Waals surface area (Å²) in [4.78, 5) is 90.2. The molecule has 3 saturated heterocycles. The highest BCUT2D eigenvalue weighted by molar-refractivity contribution is 6.25. The largest absolute Gasteiger partial charge is 0.371 e. The first-order valence-corrected chi connectivity index (χ1v) is 20.9. The average molecular weight is 803 g/mol. The summed E-state index contributed by atoms with van der Waals surface area (Å²) in [7, 11) is 0. The molecule has 7 heterocycles. The SMILES string of the molecule is Cc1cccc(C(=O)NC2CC(n3cnc4c(NCCCN5CCN(CC6CCN(c7cccc8c7C(=O)N(C7CCC(=O)NC7=O)C8=O)CC6)CC5)ncnc43)C2)n1. The number of hydrogen-bond donors (Lipinski definition) is 3. The molecule has 5 amide bonds. The van der Waals surface area contributed by atoms with Gasteiger partial charge in [0, 0.05) is 76.6 Å². The van der Waals surface area contributed by atoms with Crippen molar-refractivity contribution in [2.75, 3.05) is 69.1 Å². The molecule has 1 aliphatic carbocycles. The van der Waals surface area contributed by atoms with Crippen molar-refractivity contribution in [2.24, 2.45) is 5.92 Å². The Morgan fingerprint density at radius 3 is 2.44 bits per heavy atom. The topological polar surface area (TPSA) is 191 Å². The van der Waals surface area contributed by atoms with Gasteiger partial charge in [-0.3, -0.25) is 34.2 Å². The molecule has 4 aliphatic heterocycles. The number of nitrogens with one attached hydrogen (secondary N) is 3. The Labute approximate surface area is 341 Å². The molecule has 1 unspecified atom stereocenters. The molecular weight excluding hydrogens is 753 g/mol. The molecule has 9 rings (SSSR count). The maximum Gasteiger partial charge on any atom is 0.270 e. The van der Waals surface area contributed by atoms with Crippen LogP contribution in [0, 0.1) is 12.8 Å². The van der Waals surface area contributed by atoms with Crippen molar-refractivity contribution in [3.63, 3.8) is 0 Å². The lowest BCUT2D eigenvalue weighted by molar-refractivity contribution is -0.136. The fourth-order valence-electron chi connectivity index (χ4n) is 9.30. The monoisotopic (exact) mass is 802 g/mol. The Morgan fingerprint density at radius 1 is 0.881 bits per heavy atom. The van der Waals surface area contributed by atoms with Crippen LogP contribution in [0.5, 0.6) is 0 Å². The van der Waals surface area contributed by atoms with Crippen LogP contribution in [-0.4, -0.2) is 140 Å². The van der Waals surface area contributed by atoms with E-state index < -0.39 is 23.8 Å². The Balaban J connectivity index is 0.692. The van der Waals surface area contributed by atoms with E-state index in [2.05, 4.69) is 55.2 Å². The number of aromatic nitrogens is 5. The van der Waals surface area contributed by atoms with Crippen LogP contribution in [0.4, 0.5) is 11.5 Å². The number of anilines is 2. The summed E-state index contributed by atoms with van der Waals surface area (Å²) in [5.41, 5.74) is 4.26. The first-order chi connectivity index (χ1) is 28.7. The fraction of sp³-hybridized carbons (Fsp3) is 0.500. The van der Waals surface area contributed by atoms with Gasteiger partial charge < -0.3 is 29.9 Å². The Hall–Kier alpha value is -5.81. The van der Waals surface area contributed by atoms with Crippen molar-refractivity contribution in [2.45, 2.75) is 70.0 Å². The third-order valence-corrected chi connectivity index (χ3v) is 12.6. The van der Waals surface area contributed by atoms with Gasteiger partial charge in [0.25, 0.3) is 17.7 Å². The number of benzene rings is 1. The van der Waals surface area contributed by atoms with Gasteiger partial charge in [-0.05, 0) is 82.2 Å². The zero-order valence-electron chi connectivity index (χ0n) is 33.3. The Kier molecular flexibility index (Phi) is 10.8. The maximum atomic E-state index is 13.6. The molecule has 5 aliphatic rings. The highest BCUT2D eigenvalue weighted by Gasteiger charge is 2.46. The minimum absolute atomic E-state index is 0.0845. The fourth-order valence-corrected chi connectivity index (χ4v) is 9.30. The zero-order valence-corrected chi connectivity index (χ0v) is 33.3. The molecule has 3 N–H and O–H groups in total. The maximum absolute atomic E-state index is 13.6. The van der Waals surface area contributed by atoms with Gasteiger partial charge in [0.2, 0.25) is 11.8 Å².